The summed E-state index contributed by atoms with van der Waals surface area (Å²) in [6.07, 6.45) is 73.5. The van der Waals surface area contributed by atoms with Gasteiger partial charge in [-0.2, -0.15) is 0 Å². The third-order valence-corrected chi connectivity index (χ3v) is 106. The van der Waals surface area contributed by atoms with Crippen LogP contribution in [0.15, 0.2) is 78.9 Å². The predicted molar refractivity (Wildman–Crippen MR) is 698 cm³/mol. The van der Waals surface area contributed by atoms with Crippen LogP contribution in [0.2, 0.25) is 96.7 Å². The minimum atomic E-state index is -0.704. The summed E-state index contributed by atoms with van der Waals surface area (Å²) < 4.78 is 1.03. The van der Waals surface area contributed by atoms with Crippen LogP contribution in [0, 0.1) is 273 Å². The summed E-state index contributed by atoms with van der Waals surface area (Å²) in [5, 5.41) is 0. The monoisotopic (exact) mass is 2640 g/mol. The Morgan fingerprint density at radius 3 is 0.912 bits per heavy atom. The van der Waals surface area contributed by atoms with E-state index in [1.165, 1.54) is 154 Å². The molecule has 0 nitrogen and oxygen atoms in total. The second kappa shape index (κ2) is 71.4. The molecule has 45 unspecified atom stereocenters. The van der Waals surface area contributed by atoms with Crippen molar-refractivity contribution in [3.05, 3.63) is 220 Å². The molecule has 0 amide bonds. The molecule has 0 aromatic heterocycles. The number of alkyl halides is 2. The van der Waals surface area contributed by atoms with Crippen LogP contribution in [0.4, 0.5) is 0 Å². The summed E-state index contributed by atoms with van der Waals surface area (Å²) >= 11 is 7.20. The minimum Gasteiger partial charge on any atom is -0.358 e. The van der Waals surface area contributed by atoms with Crippen molar-refractivity contribution in [1.82, 2.24) is 0 Å². The summed E-state index contributed by atoms with van der Waals surface area (Å²) in [6.45, 7) is 43.3. The van der Waals surface area contributed by atoms with E-state index >= 15 is 0 Å². The van der Waals surface area contributed by atoms with Gasteiger partial charge < -0.3 is 119 Å². The summed E-state index contributed by atoms with van der Waals surface area (Å²) in [5.74, 6) is 28.7. The fraction of sp³-hybridized carbons (Fsp3) is 0.731. The van der Waals surface area contributed by atoms with Gasteiger partial charge in [0.1, 0.15) is 0 Å². The smallest absolute Gasteiger partial charge is 0.358 e. The first kappa shape index (κ1) is 156. The molecule has 3 aromatic carbocycles. The van der Waals surface area contributed by atoms with Crippen LogP contribution >= 0.6 is 38.5 Å². The van der Waals surface area contributed by atoms with Gasteiger partial charge >= 0.3 is 105 Å². The molecule has 14 heteroatoms. The van der Waals surface area contributed by atoms with Gasteiger partial charge in [-0.25, -0.2) is 0 Å². The average Bonchev–Trinajstić information content (AvgIpc) is 1.54. The maximum absolute atomic E-state index is 4.27. The Labute approximate surface area is 1040 Å². The van der Waals surface area contributed by atoms with E-state index in [1.54, 1.807) is 201 Å². The first-order valence-electron chi connectivity index (χ1n) is 58.4. The summed E-state index contributed by atoms with van der Waals surface area (Å²) in [6, 6.07) is 28.5. The van der Waals surface area contributed by atoms with Crippen molar-refractivity contribution >= 4 is 111 Å². The Morgan fingerprint density at radius 1 is 0.277 bits per heavy atom. The summed E-state index contributed by atoms with van der Waals surface area (Å²) in [7, 11) is -4.66. The van der Waals surface area contributed by atoms with Crippen LogP contribution in [0.25, 0.3) is 17.2 Å². The van der Waals surface area contributed by atoms with Gasteiger partial charge in [0.15, 0.2) is 0 Å². The molecule has 0 saturated heterocycles. The molecule has 0 N–H and O–H groups in total. The molecular formula is C134H244BrISi8Zr4. The molecule has 18 aliphatic rings. The van der Waals surface area contributed by atoms with Crippen LogP contribution in [-0.4, -0.2) is 75.3 Å². The van der Waals surface area contributed by atoms with E-state index in [1.807, 2.05) is 0 Å². The molecule has 148 heavy (non-hydrogen) atoms. The van der Waals surface area contributed by atoms with E-state index in [4.69, 9.17) is 0 Å². The molecule has 16 fully saturated rings. The van der Waals surface area contributed by atoms with Gasteiger partial charge in [0, 0.05) is 87.1 Å². The van der Waals surface area contributed by atoms with Crippen molar-refractivity contribution < 1.29 is 105 Å². The Bertz CT molecular complexity index is 3930. The third kappa shape index (κ3) is 32.9. The van der Waals surface area contributed by atoms with E-state index in [0.717, 1.165) is 174 Å². The normalized spacial score (nSPS) is 38.4. The minimum absolute atomic E-state index is 0. The molecular weight excluding hydrogens is 2410 g/mol. The van der Waals surface area contributed by atoms with Crippen molar-refractivity contribution in [3.8, 4) is 11.1 Å². The second-order valence-corrected chi connectivity index (χ2v) is 101. The molecule has 0 aliphatic heterocycles. The molecule has 0 radical (unpaired) electrons. The number of rotatable bonds is 26. The molecule has 18 aliphatic carbocycles. The zero-order valence-corrected chi connectivity index (χ0v) is 126. The first-order valence-corrected chi connectivity index (χ1v) is 85.8. The quantitative estimate of drug-likeness (QED) is 0.0325. The van der Waals surface area contributed by atoms with Crippen molar-refractivity contribution in [3.63, 3.8) is 0 Å². The van der Waals surface area contributed by atoms with Crippen LogP contribution < -0.4 is 0 Å². The van der Waals surface area contributed by atoms with Crippen molar-refractivity contribution in [2.75, 3.05) is 0 Å². The Morgan fingerprint density at radius 2 is 0.554 bits per heavy atom. The van der Waals surface area contributed by atoms with Crippen molar-refractivity contribution in [2.24, 2.45) is 154 Å². The van der Waals surface area contributed by atoms with Gasteiger partial charge in [-0.3, -0.25) is 0 Å². The Balaban J connectivity index is -0.00000183. The summed E-state index contributed by atoms with van der Waals surface area (Å²) in [4.78, 5) is 0.874. The number of hydrogen-bond donors (Lipinski definition) is 0. The van der Waals surface area contributed by atoms with E-state index in [9.17, 15) is 0 Å². The Kier molecular flexibility index (Phi) is 75.2. The van der Waals surface area contributed by atoms with Crippen LogP contribution in [0.5, 0.6) is 0 Å². The number of fused-ring (bicyclic) bond motifs is 12. The van der Waals surface area contributed by atoms with Crippen molar-refractivity contribution in [1.29, 1.82) is 0 Å². The maximum atomic E-state index is 4.27. The average molecular weight is 2650 g/mol. The van der Waals surface area contributed by atoms with Crippen LogP contribution in [0.1, 0.15) is 372 Å². The number of allylic oxidation sites excluding steroid dienone is 1. The standard InChI is InChI=1S/C37H54Si2.C33H52Si2.C24H45BrSi2.C24H45ISi2.16CH3.4Zr/c1-5-6-12-25-19-20-27(22-25)38(3)39(4)37-24(2)21-33-34(37)23-26-13-11-18-28(26)35(33)36-31-16-9-7-14-29(31)30-15-8-10-17-32(30)36;1-5-6-10-23-15-17-26(20-23)34(3)35(4)33-22(2)19-30-31(33)21-25-12-9-14-28(25)32(30)29-18-16-24-11-7-8-13-27(24)29;2*1-5-6-8-17-11-12-19(14-17)26(3)27(4)24-16(2)13-21-22(24)15-18-9-7-10-20(18)23(21)25;;;;;;;;;;;;;;;;;;;;/h7-10,14-17,24-28,33-39H,5-6,11-13,18-23H2,1-4H3;7-8,11,13,16,18,22-23,25-26,28-35H,5-6,9-10,12,14-15,17,19-21H2,1-4H3;2*16-24,26-27H,5-15H2,1-4H3;16*1H3;;;;/q;;;;16*-1;4*+4. The summed E-state index contributed by atoms with van der Waals surface area (Å²) in [5.41, 5.74) is 19.3. The number of unbranched alkanes of at least 4 members (excludes halogenated alkanes) is 4. The fourth-order valence-electron chi connectivity index (χ4n) is 40.2. The number of benzene rings is 3. The SMILES string of the molecule is CCCCC1CCC([SiH](C)[SiH](C)C2C(C)CC3C(Br)C4CCCC4CC32)C1.CCCCC1CCC([SiH](C)[SiH](C)C2C(C)CC3C(I)C4CCCC4CC32)C1.CCCCC1CCC([SiH](C)[SiH](C)C2C(C)CC3C2CC2CCCC2C3C2C=Cc3ccccc32)C1.CCCCC1CCC([SiH](C)[SiH](C)C2C(C)CC3C2CC2CCCC2C3C2c3ccccc3-c3ccccc32)C1.[CH3-].[CH3-].[CH3-].[CH3-].[CH3-].[CH3-].[CH3-].[CH3-].[CH3-].[CH3-].[CH3-].[CH3-].[CH3-].[CH3-].[CH3-].[CH3-].[Zr+4].[Zr+4].[Zr+4].[Zr+4]. The molecule has 0 spiro atoms. The van der Waals surface area contributed by atoms with Crippen LogP contribution in [-0.2, 0) is 105 Å². The topological polar surface area (TPSA) is 0 Å². The van der Waals surface area contributed by atoms with Gasteiger partial charge in [0.2, 0.25) is 0 Å². The van der Waals surface area contributed by atoms with Gasteiger partial charge in [-0.05, 0) is 286 Å². The van der Waals surface area contributed by atoms with Gasteiger partial charge in [-0.15, -0.1) is 0 Å². The van der Waals surface area contributed by atoms with E-state index < -0.39 is 66.5 Å². The number of halogens is 2. The maximum Gasteiger partial charge on any atom is 4.00 e. The van der Waals surface area contributed by atoms with Gasteiger partial charge in [0.25, 0.3) is 0 Å². The third-order valence-electron chi connectivity index (χ3n) is 46.6. The molecule has 16 saturated carbocycles. The molecule has 21 rings (SSSR count). The van der Waals surface area contributed by atoms with E-state index in [-0.39, 0.29) is 224 Å². The zero-order chi connectivity index (χ0) is 89.0. The van der Waals surface area contributed by atoms with E-state index in [0.29, 0.717) is 5.92 Å². The molecule has 0 heterocycles. The largest absolute Gasteiger partial charge is 4.00 e. The number of hydrogen-bond acceptors (Lipinski definition) is 0. The molecule has 45 atom stereocenters. The Hall–Kier alpha value is 3.88. The molecule has 842 valence electrons. The molecule has 0 bridgehead atoms. The van der Waals surface area contributed by atoms with Gasteiger partial charge in [-0.1, -0.05) is 459 Å². The van der Waals surface area contributed by atoms with Crippen LogP contribution in [0.3, 0.4) is 0 Å². The predicted octanol–water partition coefficient (Wildman–Crippen LogP) is 41.0. The van der Waals surface area contributed by atoms with Crippen molar-refractivity contribution in [2.45, 2.75) is 455 Å². The van der Waals surface area contributed by atoms with E-state index in [2.05, 4.69) is 231 Å². The first-order chi connectivity index (χ1) is 62.1. The zero-order valence-electron chi connectivity index (χ0n) is 104. The fourth-order valence-corrected chi connectivity index (χ4v) is 96.2. The van der Waals surface area contributed by atoms with Gasteiger partial charge in [0.05, 0.1) is 0 Å². The second-order valence-electron chi connectivity index (χ2n) is 52.2. The molecule has 3 aromatic rings.